The fourth-order valence-corrected chi connectivity index (χ4v) is 2.10. The van der Waals surface area contributed by atoms with Crippen LogP contribution < -0.4 is 5.32 Å². The first kappa shape index (κ1) is 17.5. The molecular weight excluding hydrogens is 278 g/mol. The van der Waals surface area contributed by atoms with Gasteiger partial charge in [-0.3, -0.25) is 5.32 Å². The first-order chi connectivity index (χ1) is 10.0. The van der Waals surface area contributed by atoms with Crippen molar-refractivity contribution in [1.29, 1.82) is 0 Å². The van der Waals surface area contributed by atoms with Crippen molar-refractivity contribution >= 4 is 5.97 Å². The van der Waals surface area contributed by atoms with Crippen LogP contribution in [0.4, 0.5) is 8.78 Å². The summed E-state index contributed by atoms with van der Waals surface area (Å²) < 4.78 is 31.3. The monoisotopic (exact) mass is 300 g/mol. The maximum atomic E-state index is 13.3. The summed E-state index contributed by atoms with van der Waals surface area (Å²) in [5.74, 6) is -2.01. The highest BCUT2D eigenvalue weighted by atomic mass is 19.1. The highest BCUT2D eigenvalue weighted by molar-refractivity contribution is 5.77. The minimum absolute atomic E-state index is 0.221. The molecule has 0 aromatic heterocycles. The fraction of sp³-hybridized carbons (Fsp3) is 0.533. The number of nitrogens with one attached hydrogen (secondary N) is 1. The molecule has 4 nitrogen and oxygen atoms in total. The summed E-state index contributed by atoms with van der Waals surface area (Å²) in [5, 5.41) is 2.99. The second-order valence-electron chi connectivity index (χ2n) is 4.64. The normalized spacial score (nSPS) is 12.5. The Bertz CT molecular complexity index is 445. The lowest BCUT2D eigenvalue weighted by Crippen LogP contribution is -2.37. The number of carbonyl (C=O) groups is 1. The van der Waals surface area contributed by atoms with Gasteiger partial charge in [0.2, 0.25) is 0 Å². The summed E-state index contributed by atoms with van der Waals surface area (Å²) >= 11 is 0. The second-order valence-corrected chi connectivity index (χ2v) is 4.64. The lowest BCUT2D eigenvalue weighted by atomic mass is 10.1. The van der Waals surface area contributed by atoms with E-state index < -0.39 is 23.6 Å². The zero-order valence-electron chi connectivity index (χ0n) is 12.7. The Balaban J connectivity index is 2.79. The van der Waals surface area contributed by atoms with Gasteiger partial charge in [-0.15, -0.1) is 0 Å². The minimum atomic E-state index is -0.879. The van der Waals surface area contributed by atoms with Crippen LogP contribution in [0.5, 0.6) is 0 Å². The van der Waals surface area contributed by atoms with Crippen molar-refractivity contribution in [2.24, 2.45) is 0 Å². The van der Waals surface area contributed by atoms with Crippen molar-refractivity contribution < 1.29 is 18.3 Å². The van der Waals surface area contributed by atoms with E-state index in [1.54, 1.807) is 0 Å². The Hall–Kier alpha value is -1.53. The molecule has 0 spiro atoms. The van der Waals surface area contributed by atoms with Crippen LogP contribution in [0.3, 0.4) is 0 Å². The zero-order valence-corrected chi connectivity index (χ0v) is 12.7. The first-order valence-electron chi connectivity index (χ1n) is 7.01. The third kappa shape index (κ3) is 5.40. The van der Waals surface area contributed by atoms with E-state index >= 15 is 0 Å². The first-order valence-corrected chi connectivity index (χ1v) is 7.01. The smallest absolute Gasteiger partial charge is 0.327 e. The van der Waals surface area contributed by atoms with Gasteiger partial charge in [-0.25, -0.2) is 13.6 Å². The van der Waals surface area contributed by atoms with Gasteiger partial charge in [0, 0.05) is 19.2 Å². The van der Waals surface area contributed by atoms with E-state index in [1.165, 1.54) is 7.11 Å². The van der Waals surface area contributed by atoms with Crippen LogP contribution >= 0.6 is 0 Å². The molecule has 0 bridgehead atoms. The number of hydrogen-bond donors (Lipinski definition) is 1. The molecule has 0 aliphatic carbocycles. The maximum absolute atomic E-state index is 13.3. The predicted octanol–water partition coefficient (Wildman–Crippen LogP) is 2.11. The van der Waals surface area contributed by atoms with Crippen molar-refractivity contribution in [3.05, 3.63) is 35.4 Å². The molecule has 1 unspecified atom stereocenters. The summed E-state index contributed by atoms with van der Waals surface area (Å²) in [6, 6.07) is 2.16. The van der Waals surface area contributed by atoms with Gasteiger partial charge >= 0.3 is 5.97 Å². The van der Waals surface area contributed by atoms with Crippen molar-refractivity contribution in [3.8, 4) is 0 Å². The largest absolute Gasteiger partial charge is 0.468 e. The van der Waals surface area contributed by atoms with E-state index in [9.17, 15) is 13.6 Å². The van der Waals surface area contributed by atoms with Crippen LogP contribution in [-0.4, -0.2) is 44.2 Å². The third-order valence-electron chi connectivity index (χ3n) is 3.33. The van der Waals surface area contributed by atoms with Crippen LogP contribution in [0.2, 0.25) is 0 Å². The van der Waals surface area contributed by atoms with Crippen LogP contribution in [0.1, 0.15) is 25.5 Å². The molecule has 0 radical (unpaired) electrons. The van der Waals surface area contributed by atoms with E-state index in [1.807, 2.05) is 13.8 Å². The number of hydrogen-bond acceptors (Lipinski definition) is 4. The van der Waals surface area contributed by atoms with Gasteiger partial charge in [-0.05, 0) is 30.8 Å². The molecule has 1 rings (SSSR count). The quantitative estimate of drug-likeness (QED) is 0.747. The number of halogens is 2. The number of benzene rings is 1. The van der Waals surface area contributed by atoms with Crippen molar-refractivity contribution in [1.82, 2.24) is 10.2 Å². The molecule has 0 fully saturated rings. The highest BCUT2D eigenvalue weighted by Gasteiger charge is 2.22. The lowest BCUT2D eigenvalue weighted by molar-refractivity contribution is -0.143. The Morgan fingerprint density at radius 2 is 1.81 bits per heavy atom. The van der Waals surface area contributed by atoms with Crippen LogP contribution in [-0.2, 0) is 9.53 Å². The molecule has 1 aromatic rings. The molecule has 0 saturated carbocycles. The Labute approximate surface area is 124 Å². The van der Waals surface area contributed by atoms with Gasteiger partial charge in [0.15, 0.2) is 0 Å². The average Bonchev–Trinajstić information content (AvgIpc) is 2.45. The van der Waals surface area contributed by atoms with E-state index in [4.69, 9.17) is 4.74 Å². The number of methoxy groups -OCH3 is 1. The maximum Gasteiger partial charge on any atom is 0.327 e. The molecule has 1 N–H and O–H groups in total. The van der Waals surface area contributed by atoms with Crippen LogP contribution in [0.15, 0.2) is 18.2 Å². The lowest BCUT2D eigenvalue weighted by Gasteiger charge is -2.21. The van der Waals surface area contributed by atoms with Crippen LogP contribution in [0.25, 0.3) is 0 Å². The molecule has 21 heavy (non-hydrogen) atoms. The van der Waals surface area contributed by atoms with Crippen molar-refractivity contribution in [3.63, 3.8) is 0 Å². The molecular formula is C15H22F2N2O2. The standard InChI is InChI=1S/C15H22F2N2O2/c1-4-19(5-2)7-6-18-14(15(20)21-3)11-8-12(16)10-13(17)9-11/h8-10,14,18H,4-7H2,1-3H3. The Kier molecular flexibility index (Phi) is 7.25. The summed E-state index contributed by atoms with van der Waals surface area (Å²) in [4.78, 5) is 14.0. The van der Waals surface area contributed by atoms with Gasteiger partial charge in [0.1, 0.15) is 17.7 Å². The SMILES string of the molecule is CCN(CC)CCNC(C(=O)OC)c1cc(F)cc(F)c1. The molecule has 0 aliphatic heterocycles. The number of likely N-dealkylation sites (N-methyl/N-ethyl adjacent to an activating group) is 1. The number of ether oxygens (including phenoxy) is 1. The summed E-state index contributed by atoms with van der Waals surface area (Å²) in [6.07, 6.45) is 0. The van der Waals surface area contributed by atoms with Gasteiger partial charge in [0.25, 0.3) is 0 Å². The Morgan fingerprint density at radius 1 is 1.24 bits per heavy atom. The number of carbonyl (C=O) groups excluding carboxylic acids is 1. The topological polar surface area (TPSA) is 41.6 Å². The number of rotatable bonds is 8. The number of nitrogens with zero attached hydrogens (tertiary/aromatic N) is 1. The number of esters is 1. The molecule has 0 saturated heterocycles. The molecule has 1 aromatic carbocycles. The highest BCUT2D eigenvalue weighted by Crippen LogP contribution is 2.17. The molecule has 118 valence electrons. The van der Waals surface area contributed by atoms with Gasteiger partial charge in [-0.1, -0.05) is 13.8 Å². The van der Waals surface area contributed by atoms with Gasteiger partial charge in [0.05, 0.1) is 7.11 Å². The molecule has 6 heteroatoms. The Morgan fingerprint density at radius 3 is 2.29 bits per heavy atom. The van der Waals surface area contributed by atoms with E-state index in [-0.39, 0.29) is 5.56 Å². The molecule has 0 aliphatic rings. The van der Waals surface area contributed by atoms with Gasteiger partial charge < -0.3 is 9.64 Å². The third-order valence-corrected chi connectivity index (χ3v) is 3.33. The fourth-order valence-electron chi connectivity index (χ4n) is 2.10. The molecule has 1 atom stereocenters. The van der Waals surface area contributed by atoms with Crippen LogP contribution in [0, 0.1) is 11.6 Å². The van der Waals surface area contributed by atoms with E-state index in [2.05, 4.69) is 10.2 Å². The minimum Gasteiger partial charge on any atom is -0.468 e. The molecule has 0 amide bonds. The summed E-state index contributed by atoms with van der Waals surface area (Å²) in [6.45, 7) is 7.13. The van der Waals surface area contributed by atoms with Crippen molar-refractivity contribution in [2.45, 2.75) is 19.9 Å². The van der Waals surface area contributed by atoms with Gasteiger partial charge in [-0.2, -0.15) is 0 Å². The average molecular weight is 300 g/mol. The second kappa shape index (κ2) is 8.69. The van der Waals surface area contributed by atoms with Crippen molar-refractivity contribution in [2.75, 3.05) is 33.3 Å². The van der Waals surface area contributed by atoms with E-state index in [0.29, 0.717) is 6.54 Å². The van der Waals surface area contributed by atoms with E-state index in [0.717, 1.165) is 37.8 Å². The summed E-state index contributed by atoms with van der Waals surface area (Å²) in [7, 11) is 1.25. The zero-order chi connectivity index (χ0) is 15.8. The predicted molar refractivity (Wildman–Crippen MR) is 76.9 cm³/mol. The summed E-state index contributed by atoms with van der Waals surface area (Å²) in [5.41, 5.74) is 0.221. The molecule has 0 heterocycles.